The summed E-state index contributed by atoms with van der Waals surface area (Å²) in [4.78, 5) is 0. The van der Waals surface area contributed by atoms with Crippen molar-refractivity contribution in [1.82, 2.24) is 16.0 Å². The molecule has 0 bridgehead atoms. The van der Waals surface area contributed by atoms with Gasteiger partial charge in [-0.1, -0.05) is 6.92 Å². The SMILES string of the molecule is CCC(CNC)(NC)NC. The van der Waals surface area contributed by atoms with Gasteiger partial charge in [-0.05, 0) is 27.6 Å². The first kappa shape index (κ1) is 9.88. The second-order valence-corrected chi connectivity index (χ2v) is 2.47. The fourth-order valence-corrected chi connectivity index (χ4v) is 1.08. The van der Waals surface area contributed by atoms with Crippen LogP contribution in [-0.2, 0) is 0 Å². The standard InChI is InChI=1S/C7H19N3/c1-5-7(9-3,10-4)6-8-2/h8-10H,5-6H2,1-4H3. The van der Waals surface area contributed by atoms with Crippen LogP contribution in [0.2, 0.25) is 0 Å². The van der Waals surface area contributed by atoms with E-state index in [0.29, 0.717) is 0 Å². The van der Waals surface area contributed by atoms with Crippen molar-refractivity contribution < 1.29 is 0 Å². The quantitative estimate of drug-likeness (QED) is 0.467. The predicted octanol–water partition coefficient (Wildman–Crippen LogP) is -0.249. The van der Waals surface area contributed by atoms with Gasteiger partial charge in [-0.3, -0.25) is 0 Å². The lowest BCUT2D eigenvalue weighted by atomic mass is 10.1. The van der Waals surface area contributed by atoms with Crippen LogP contribution in [0.25, 0.3) is 0 Å². The lowest BCUT2D eigenvalue weighted by Crippen LogP contribution is -2.59. The molecule has 3 heteroatoms. The maximum absolute atomic E-state index is 3.24. The summed E-state index contributed by atoms with van der Waals surface area (Å²) in [6, 6.07) is 0. The number of hydrogen-bond donors (Lipinski definition) is 3. The molecule has 0 aromatic rings. The van der Waals surface area contributed by atoms with Crippen molar-refractivity contribution in [2.75, 3.05) is 27.7 Å². The highest BCUT2D eigenvalue weighted by atomic mass is 15.2. The molecule has 0 amide bonds. The van der Waals surface area contributed by atoms with Crippen LogP contribution in [0, 0.1) is 0 Å². The summed E-state index contributed by atoms with van der Waals surface area (Å²) in [6.07, 6.45) is 1.07. The van der Waals surface area contributed by atoms with Gasteiger partial charge in [-0.15, -0.1) is 0 Å². The Hall–Kier alpha value is -0.120. The van der Waals surface area contributed by atoms with Crippen molar-refractivity contribution in [3.63, 3.8) is 0 Å². The van der Waals surface area contributed by atoms with Gasteiger partial charge in [0.2, 0.25) is 0 Å². The van der Waals surface area contributed by atoms with Crippen molar-refractivity contribution in [1.29, 1.82) is 0 Å². The average molecular weight is 145 g/mol. The highest BCUT2D eigenvalue weighted by Gasteiger charge is 2.21. The maximum atomic E-state index is 3.24. The van der Waals surface area contributed by atoms with Crippen LogP contribution < -0.4 is 16.0 Å². The Labute approximate surface area is 63.6 Å². The van der Waals surface area contributed by atoms with Gasteiger partial charge in [-0.2, -0.15) is 0 Å². The van der Waals surface area contributed by atoms with E-state index >= 15 is 0 Å². The van der Waals surface area contributed by atoms with Crippen LogP contribution >= 0.6 is 0 Å². The number of likely N-dealkylation sites (N-methyl/N-ethyl adjacent to an activating group) is 3. The molecule has 62 valence electrons. The van der Waals surface area contributed by atoms with Gasteiger partial charge in [0.25, 0.3) is 0 Å². The molecule has 0 saturated heterocycles. The Bertz CT molecular complexity index is 70.7. The van der Waals surface area contributed by atoms with Gasteiger partial charge >= 0.3 is 0 Å². The van der Waals surface area contributed by atoms with Crippen LogP contribution in [0.15, 0.2) is 0 Å². The zero-order valence-corrected chi connectivity index (χ0v) is 7.41. The average Bonchev–Trinajstić information content (AvgIpc) is 2.01. The molecule has 0 aromatic heterocycles. The third-order valence-corrected chi connectivity index (χ3v) is 2.04. The number of hydrogen-bond acceptors (Lipinski definition) is 3. The molecule has 10 heavy (non-hydrogen) atoms. The summed E-state index contributed by atoms with van der Waals surface area (Å²) in [7, 11) is 5.90. The van der Waals surface area contributed by atoms with Gasteiger partial charge in [0, 0.05) is 6.54 Å². The molecule has 0 spiro atoms. The normalized spacial score (nSPS) is 12.0. The number of rotatable bonds is 5. The Morgan fingerprint density at radius 2 is 1.60 bits per heavy atom. The first-order valence-electron chi connectivity index (χ1n) is 3.77. The second kappa shape index (κ2) is 4.66. The Kier molecular flexibility index (Phi) is 4.60. The molecular formula is C7H19N3. The minimum atomic E-state index is 0.0642. The fraction of sp³-hybridized carbons (Fsp3) is 1.00. The molecule has 0 rings (SSSR count). The molecule has 3 nitrogen and oxygen atoms in total. The third-order valence-electron chi connectivity index (χ3n) is 2.04. The van der Waals surface area contributed by atoms with Crippen molar-refractivity contribution in [2.24, 2.45) is 0 Å². The van der Waals surface area contributed by atoms with E-state index in [0.717, 1.165) is 13.0 Å². The first-order valence-corrected chi connectivity index (χ1v) is 3.77. The molecule has 0 unspecified atom stereocenters. The zero-order valence-electron chi connectivity index (χ0n) is 7.41. The van der Waals surface area contributed by atoms with Crippen molar-refractivity contribution in [3.8, 4) is 0 Å². The van der Waals surface area contributed by atoms with Gasteiger partial charge in [-0.25, -0.2) is 0 Å². The van der Waals surface area contributed by atoms with Crippen LogP contribution in [0.5, 0.6) is 0 Å². The largest absolute Gasteiger partial charge is 0.317 e. The van der Waals surface area contributed by atoms with E-state index in [4.69, 9.17) is 0 Å². The topological polar surface area (TPSA) is 36.1 Å². The van der Waals surface area contributed by atoms with E-state index in [-0.39, 0.29) is 5.66 Å². The van der Waals surface area contributed by atoms with Gasteiger partial charge in [0.15, 0.2) is 0 Å². The zero-order chi connectivity index (χ0) is 8.04. The second-order valence-electron chi connectivity index (χ2n) is 2.47. The predicted molar refractivity (Wildman–Crippen MR) is 45.1 cm³/mol. The van der Waals surface area contributed by atoms with Crippen LogP contribution in [0.4, 0.5) is 0 Å². The van der Waals surface area contributed by atoms with E-state index in [9.17, 15) is 0 Å². The van der Waals surface area contributed by atoms with Crippen LogP contribution in [-0.4, -0.2) is 33.4 Å². The summed E-state index contributed by atoms with van der Waals surface area (Å²) in [5.74, 6) is 0. The molecule has 0 atom stereocenters. The number of nitrogens with one attached hydrogen (secondary N) is 3. The van der Waals surface area contributed by atoms with Crippen molar-refractivity contribution in [3.05, 3.63) is 0 Å². The van der Waals surface area contributed by atoms with Gasteiger partial charge < -0.3 is 16.0 Å². The van der Waals surface area contributed by atoms with Crippen LogP contribution in [0.1, 0.15) is 13.3 Å². The summed E-state index contributed by atoms with van der Waals surface area (Å²) in [5.41, 5.74) is 0.0642. The molecule has 0 heterocycles. The minimum absolute atomic E-state index is 0.0642. The van der Waals surface area contributed by atoms with Crippen molar-refractivity contribution >= 4 is 0 Å². The van der Waals surface area contributed by atoms with Crippen molar-refractivity contribution in [2.45, 2.75) is 19.0 Å². The maximum Gasteiger partial charge on any atom is 0.0807 e. The summed E-state index contributed by atoms with van der Waals surface area (Å²) in [6.45, 7) is 3.10. The first-order chi connectivity index (χ1) is 4.74. The Balaban J connectivity index is 3.87. The van der Waals surface area contributed by atoms with E-state index in [1.807, 2.05) is 21.1 Å². The van der Waals surface area contributed by atoms with E-state index in [1.165, 1.54) is 0 Å². The van der Waals surface area contributed by atoms with E-state index < -0.39 is 0 Å². The van der Waals surface area contributed by atoms with Crippen LogP contribution in [0.3, 0.4) is 0 Å². The highest BCUT2D eigenvalue weighted by Crippen LogP contribution is 2.01. The minimum Gasteiger partial charge on any atom is -0.317 e. The smallest absolute Gasteiger partial charge is 0.0807 e. The van der Waals surface area contributed by atoms with E-state index in [1.54, 1.807) is 0 Å². The molecular weight excluding hydrogens is 126 g/mol. The fourth-order valence-electron chi connectivity index (χ4n) is 1.08. The lowest BCUT2D eigenvalue weighted by Gasteiger charge is -2.31. The molecule has 0 aromatic carbocycles. The lowest BCUT2D eigenvalue weighted by molar-refractivity contribution is 0.277. The molecule has 0 radical (unpaired) electrons. The monoisotopic (exact) mass is 145 g/mol. The summed E-state index contributed by atoms with van der Waals surface area (Å²) in [5, 5.41) is 9.62. The molecule has 0 saturated carbocycles. The molecule has 3 N–H and O–H groups in total. The highest BCUT2D eigenvalue weighted by molar-refractivity contribution is 4.82. The molecule has 0 aliphatic rings. The Morgan fingerprint density at radius 1 is 1.10 bits per heavy atom. The van der Waals surface area contributed by atoms with Gasteiger partial charge in [0.05, 0.1) is 5.66 Å². The molecule has 0 aliphatic carbocycles. The molecule has 0 aliphatic heterocycles. The summed E-state index contributed by atoms with van der Waals surface area (Å²) >= 11 is 0. The summed E-state index contributed by atoms with van der Waals surface area (Å²) < 4.78 is 0. The third kappa shape index (κ3) is 2.25. The Morgan fingerprint density at radius 3 is 1.70 bits per heavy atom. The van der Waals surface area contributed by atoms with E-state index in [2.05, 4.69) is 22.9 Å². The molecule has 0 fully saturated rings. The van der Waals surface area contributed by atoms with Gasteiger partial charge in [0.1, 0.15) is 0 Å².